The molecule has 0 N–H and O–H groups in total. The highest BCUT2D eigenvalue weighted by molar-refractivity contribution is 5.85. The number of nitrogens with zero attached hydrogens (tertiary/aromatic N) is 3. The minimum Gasteiger partial charge on any atom is -0.446 e. The average Bonchev–Trinajstić information content (AvgIpc) is 3.43. The third-order valence-electron chi connectivity index (χ3n) is 4.90. The van der Waals surface area contributed by atoms with E-state index in [4.69, 9.17) is 9.15 Å². The molecule has 154 valence electrons. The van der Waals surface area contributed by atoms with E-state index in [-0.39, 0.29) is 11.8 Å². The fraction of sp³-hybridized carbons (Fsp3) is 0.273. The molecule has 0 saturated carbocycles. The van der Waals surface area contributed by atoms with E-state index in [2.05, 4.69) is 5.10 Å². The smallest absolute Gasteiger partial charge is 0.437 e. The van der Waals surface area contributed by atoms with Gasteiger partial charge in [0.25, 0.3) is 5.91 Å². The lowest BCUT2D eigenvalue weighted by Gasteiger charge is -2.23. The number of carbonyl (C=O) groups is 2. The predicted octanol–water partition coefficient (Wildman–Crippen LogP) is 2.41. The quantitative estimate of drug-likeness (QED) is 0.583. The van der Waals surface area contributed by atoms with Crippen LogP contribution < -0.4 is 5.76 Å². The van der Waals surface area contributed by atoms with Crippen LogP contribution in [0.25, 0.3) is 11.5 Å². The summed E-state index contributed by atoms with van der Waals surface area (Å²) in [6.45, 7) is 0.831. The summed E-state index contributed by atoms with van der Waals surface area (Å²) in [6, 6.07) is 17.8. The second-order valence-corrected chi connectivity index (χ2v) is 7.01. The zero-order valence-electron chi connectivity index (χ0n) is 16.3. The van der Waals surface area contributed by atoms with Gasteiger partial charge in [-0.2, -0.15) is 4.68 Å². The number of esters is 1. The zero-order chi connectivity index (χ0) is 20.9. The molecule has 8 heteroatoms. The van der Waals surface area contributed by atoms with Crippen LogP contribution in [0.1, 0.15) is 24.5 Å². The Labute approximate surface area is 172 Å². The van der Waals surface area contributed by atoms with Crippen molar-refractivity contribution in [3.63, 3.8) is 0 Å². The fourth-order valence-corrected chi connectivity index (χ4v) is 3.39. The van der Waals surface area contributed by atoms with Crippen molar-refractivity contribution in [2.75, 3.05) is 13.1 Å². The van der Waals surface area contributed by atoms with Crippen molar-refractivity contribution in [3.8, 4) is 11.5 Å². The highest BCUT2D eigenvalue weighted by Gasteiger charge is 2.31. The molecule has 8 nitrogen and oxygen atoms in total. The average molecular weight is 407 g/mol. The maximum absolute atomic E-state index is 12.9. The molecule has 3 aromatic rings. The Morgan fingerprint density at radius 2 is 1.63 bits per heavy atom. The highest BCUT2D eigenvalue weighted by Crippen LogP contribution is 2.23. The van der Waals surface area contributed by atoms with Crippen molar-refractivity contribution in [1.82, 2.24) is 14.7 Å². The van der Waals surface area contributed by atoms with E-state index in [1.165, 1.54) is 0 Å². The van der Waals surface area contributed by atoms with Crippen molar-refractivity contribution in [2.24, 2.45) is 0 Å². The molecule has 1 amide bonds. The molecule has 0 unspecified atom stereocenters. The number of hydrogen-bond donors (Lipinski definition) is 0. The van der Waals surface area contributed by atoms with Gasteiger partial charge in [-0.05, 0) is 25.0 Å². The van der Waals surface area contributed by atoms with E-state index in [1.807, 2.05) is 12.1 Å². The Hall–Kier alpha value is -3.68. The molecule has 0 spiro atoms. The molecular weight excluding hydrogens is 386 g/mol. The van der Waals surface area contributed by atoms with Gasteiger partial charge in [0, 0.05) is 24.2 Å². The lowest BCUT2D eigenvalue weighted by Crippen LogP contribution is -2.35. The monoisotopic (exact) mass is 407 g/mol. The predicted molar refractivity (Wildman–Crippen MR) is 107 cm³/mol. The van der Waals surface area contributed by atoms with Crippen LogP contribution >= 0.6 is 0 Å². The van der Waals surface area contributed by atoms with Crippen LogP contribution in [-0.2, 0) is 20.9 Å². The topological polar surface area (TPSA) is 94.6 Å². The van der Waals surface area contributed by atoms with E-state index in [9.17, 15) is 14.4 Å². The van der Waals surface area contributed by atoms with Crippen LogP contribution in [0.3, 0.4) is 0 Å². The van der Waals surface area contributed by atoms with Crippen molar-refractivity contribution < 1.29 is 18.7 Å². The first-order chi connectivity index (χ1) is 14.6. The standard InChI is InChI=1S/C22H21N3O5/c26-18(15-25-22(28)30-20(23-25)17-11-5-2-6-12-17)29-19(16-9-3-1-4-10-16)21(27)24-13-7-8-14-24/h1-6,9-12,19H,7-8,13-15H2/t19-/m0/s1. The Balaban J connectivity index is 1.51. The summed E-state index contributed by atoms with van der Waals surface area (Å²) < 4.78 is 11.5. The van der Waals surface area contributed by atoms with Gasteiger partial charge in [-0.3, -0.25) is 9.59 Å². The molecule has 4 rings (SSSR count). The van der Waals surface area contributed by atoms with Crippen LogP contribution in [0.2, 0.25) is 0 Å². The number of rotatable bonds is 6. The summed E-state index contributed by atoms with van der Waals surface area (Å²) in [4.78, 5) is 39.3. The first-order valence-electron chi connectivity index (χ1n) is 9.78. The molecule has 1 aliphatic rings. The van der Waals surface area contributed by atoms with Gasteiger partial charge in [-0.25, -0.2) is 4.79 Å². The zero-order valence-corrected chi connectivity index (χ0v) is 16.3. The number of benzene rings is 2. The summed E-state index contributed by atoms with van der Waals surface area (Å²) in [5, 5.41) is 4.06. The van der Waals surface area contributed by atoms with Crippen LogP contribution in [0.4, 0.5) is 0 Å². The van der Waals surface area contributed by atoms with Crippen molar-refractivity contribution >= 4 is 11.9 Å². The van der Waals surface area contributed by atoms with E-state index in [1.54, 1.807) is 53.4 Å². The van der Waals surface area contributed by atoms with Crippen LogP contribution in [-0.4, -0.2) is 39.6 Å². The van der Waals surface area contributed by atoms with Crippen LogP contribution in [0.5, 0.6) is 0 Å². The van der Waals surface area contributed by atoms with Crippen molar-refractivity contribution in [2.45, 2.75) is 25.5 Å². The lowest BCUT2D eigenvalue weighted by molar-refractivity contribution is -0.161. The normalized spacial score (nSPS) is 14.5. The summed E-state index contributed by atoms with van der Waals surface area (Å²) in [5.41, 5.74) is 1.20. The largest absolute Gasteiger partial charge is 0.446 e. The maximum atomic E-state index is 12.9. The Kier molecular flexibility index (Phi) is 5.74. The van der Waals surface area contributed by atoms with E-state index < -0.39 is 24.4 Å². The molecule has 0 radical (unpaired) electrons. The Morgan fingerprint density at radius 3 is 2.30 bits per heavy atom. The molecule has 0 bridgehead atoms. The molecule has 1 aromatic heterocycles. The van der Waals surface area contributed by atoms with Gasteiger partial charge in [0.05, 0.1) is 0 Å². The molecule has 30 heavy (non-hydrogen) atoms. The minimum absolute atomic E-state index is 0.112. The fourth-order valence-electron chi connectivity index (χ4n) is 3.39. The number of ether oxygens (including phenoxy) is 1. The number of likely N-dealkylation sites (tertiary alicyclic amines) is 1. The Morgan fingerprint density at radius 1 is 1.00 bits per heavy atom. The highest BCUT2D eigenvalue weighted by atomic mass is 16.5. The first kappa shape index (κ1) is 19.6. The summed E-state index contributed by atoms with van der Waals surface area (Å²) >= 11 is 0. The van der Waals surface area contributed by atoms with Gasteiger partial charge in [0.15, 0.2) is 0 Å². The summed E-state index contributed by atoms with van der Waals surface area (Å²) in [6.07, 6.45) is 0.795. The summed E-state index contributed by atoms with van der Waals surface area (Å²) in [7, 11) is 0. The van der Waals surface area contributed by atoms with Gasteiger partial charge < -0.3 is 14.1 Å². The van der Waals surface area contributed by atoms with Gasteiger partial charge in [0.2, 0.25) is 12.0 Å². The summed E-state index contributed by atoms with van der Waals surface area (Å²) in [5.74, 6) is -1.66. The lowest BCUT2D eigenvalue weighted by atomic mass is 10.1. The van der Waals surface area contributed by atoms with Crippen LogP contribution in [0.15, 0.2) is 69.9 Å². The molecule has 1 atom stereocenters. The molecule has 2 aromatic carbocycles. The van der Waals surface area contributed by atoms with Gasteiger partial charge in [0.1, 0.15) is 6.54 Å². The van der Waals surface area contributed by atoms with Gasteiger partial charge in [-0.1, -0.05) is 48.5 Å². The van der Waals surface area contributed by atoms with Gasteiger partial charge >= 0.3 is 11.7 Å². The molecule has 1 aliphatic heterocycles. The van der Waals surface area contributed by atoms with Crippen LogP contribution in [0, 0.1) is 0 Å². The maximum Gasteiger partial charge on any atom is 0.437 e. The number of carbonyl (C=O) groups excluding carboxylic acids is 2. The van der Waals surface area contributed by atoms with E-state index in [0.29, 0.717) is 24.2 Å². The molecule has 0 aliphatic carbocycles. The van der Waals surface area contributed by atoms with E-state index >= 15 is 0 Å². The molecule has 1 fully saturated rings. The molecular formula is C22H21N3O5. The number of hydrogen-bond acceptors (Lipinski definition) is 6. The number of aromatic nitrogens is 2. The molecule has 1 saturated heterocycles. The third-order valence-corrected chi connectivity index (χ3v) is 4.90. The number of amides is 1. The Bertz CT molecular complexity index is 1070. The van der Waals surface area contributed by atoms with Crippen molar-refractivity contribution in [3.05, 3.63) is 76.8 Å². The minimum atomic E-state index is -1.06. The van der Waals surface area contributed by atoms with Crippen molar-refractivity contribution in [1.29, 1.82) is 0 Å². The van der Waals surface area contributed by atoms with E-state index in [0.717, 1.165) is 17.5 Å². The second-order valence-electron chi connectivity index (χ2n) is 7.01. The molecule has 2 heterocycles. The van der Waals surface area contributed by atoms with Gasteiger partial charge in [-0.15, -0.1) is 5.10 Å². The SMILES string of the molecule is O=C(Cn1nc(-c2ccccc2)oc1=O)O[C@H](C(=O)N1CCCC1)c1ccccc1. The first-order valence-corrected chi connectivity index (χ1v) is 9.78. The second kappa shape index (κ2) is 8.77. The third kappa shape index (κ3) is 4.32.